The van der Waals surface area contributed by atoms with E-state index in [0.29, 0.717) is 21.8 Å². The Morgan fingerprint density at radius 2 is 2.10 bits per heavy atom. The Labute approximate surface area is 135 Å². The van der Waals surface area contributed by atoms with Crippen LogP contribution in [0.1, 0.15) is 26.7 Å². The van der Waals surface area contributed by atoms with Crippen LogP contribution in [0.2, 0.25) is 10.0 Å². The summed E-state index contributed by atoms with van der Waals surface area (Å²) in [6.07, 6.45) is 1.94. The van der Waals surface area contributed by atoms with Gasteiger partial charge >= 0.3 is 6.03 Å². The molecule has 1 aliphatic heterocycles. The molecular formula is C15H21Cl2N3O. The van der Waals surface area contributed by atoms with Gasteiger partial charge in [0.15, 0.2) is 0 Å². The van der Waals surface area contributed by atoms with Crippen LogP contribution in [0, 0.1) is 0 Å². The largest absolute Gasteiger partial charge is 0.322 e. The Kier molecular flexibility index (Phi) is 5.73. The van der Waals surface area contributed by atoms with Gasteiger partial charge in [-0.2, -0.15) is 0 Å². The Bertz CT molecular complexity index is 510. The van der Waals surface area contributed by atoms with Crippen molar-refractivity contribution in [3.63, 3.8) is 0 Å². The van der Waals surface area contributed by atoms with E-state index in [1.165, 1.54) is 0 Å². The Morgan fingerprint density at radius 3 is 2.71 bits per heavy atom. The molecule has 1 aliphatic rings. The van der Waals surface area contributed by atoms with Gasteiger partial charge in [-0.05, 0) is 31.0 Å². The Hall–Kier alpha value is -0.970. The van der Waals surface area contributed by atoms with E-state index in [2.05, 4.69) is 24.5 Å². The van der Waals surface area contributed by atoms with Gasteiger partial charge < -0.3 is 15.5 Å². The highest BCUT2D eigenvalue weighted by atomic mass is 35.5. The second-order valence-corrected chi connectivity index (χ2v) is 6.10. The van der Waals surface area contributed by atoms with Crippen LogP contribution in [0.4, 0.5) is 10.5 Å². The van der Waals surface area contributed by atoms with Crippen molar-refractivity contribution in [2.45, 2.75) is 38.8 Å². The number of carbonyl (C=O) groups excluding carboxylic acids is 1. The van der Waals surface area contributed by atoms with Crippen molar-refractivity contribution in [1.29, 1.82) is 0 Å². The molecule has 116 valence electrons. The second kappa shape index (κ2) is 7.34. The first kappa shape index (κ1) is 16.4. The molecule has 4 nitrogen and oxygen atoms in total. The highest BCUT2D eigenvalue weighted by molar-refractivity contribution is 6.42. The number of carbonyl (C=O) groups is 1. The van der Waals surface area contributed by atoms with E-state index in [9.17, 15) is 4.79 Å². The summed E-state index contributed by atoms with van der Waals surface area (Å²) < 4.78 is 0. The maximum Gasteiger partial charge on any atom is 0.322 e. The molecule has 21 heavy (non-hydrogen) atoms. The van der Waals surface area contributed by atoms with Crippen molar-refractivity contribution in [2.75, 3.05) is 18.4 Å². The zero-order chi connectivity index (χ0) is 15.4. The summed E-state index contributed by atoms with van der Waals surface area (Å²) in [7, 11) is 0. The molecule has 2 unspecified atom stereocenters. The number of nitrogens with zero attached hydrogens (tertiary/aromatic N) is 1. The molecule has 1 fully saturated rings. The second-order valence-electron chi connectivity index (χ2n) is 5.29. The number of hydrogen-bond acceptors (Lipinski definition) is 2. The standard InChI is InChI=1S/C15H21Cl2N3O/c1-3-10-9-20(12(4-2)8-18-10)15(21)19-11-5-6-13(16)14(17)7-11/h5-7,10,12,18H,3-4,8-9H2,1-2H3,(H,19,21). The number of nitrogens with one attached hydrogen (secondary N) is 2. The summed E-state index contributed by atoms with van der Waals surface area (Å²) in [5, 5.41) is 7.30. The van der Waals surface area contributed by atoms with Crippen LogP contribution in [0.5, 0.6) is 0 Å². The summed E-state index contributed by atoms with van der Waals surface area (Å²) in [5.74, 6) is 0. The predicted molar refractivity (Wildman–Crippen MR) is 88.3 cm³/mol. The molecule has 1 aromatic rings. The quantitative estimate of drug-likeness (QED) is 0.880. The topological polar surface area (TPSA) is 44.4 Å². The molecule has 1 aromatic carbocycles. The molecule has 6 heteroatoms. The molecule has 0 saturated carbocycles. The molecule has 1 heterocycles. The summed E-state index contributed by atoms with van der Waals surface area (Å²) in [6, 6.07) is 5.60. The Balaban J connectivity index is 2.07. The number of piperazine rings is 1. The molecule has 0 bridgehead atoms. The maximum absolute atomic E-state index is 12.5. The van der Waals surface area contributed by atoms with Crippen LogP contribution in [0.3, 0.4) is 0 Å². The molecule has 2 rings (SSSR count). The molecule has 2 amide bonds. The normalized spacial score (nSPS) is 22.2. The van der Waals surface area contributed by atoms with Gasteiger partial charge in [0.2, 0.25) is 0 Å². The molecule has 0 aliphatic carbocycles. The number of halogens is 2. The minimum Gasteiger partial charge on any atom is -0.319 e. The number of urea groups is 1. The highest BCUT2D eigenvalue weighted by Gasteiger charge is 2.29. The SMILES string of the molecule is CCC1CN(C(=O)Nc2ccc(Cl)c(Cl)c2)C(CC)CN1. The third-order valence-corrected chi connectivity index (χ3v) is 4.63. The van der Waals surface area contributed by atoms with Crippen LogP contribution in [-0.4, -0.2) is 36.1 Å². The monoisotopic (exact) mass is 329 g/mol. The smallest absolute Gasteiger partial charge is 0.319 e. The van der Waals surface area contributed by atoms with Gasteiger partial charge in [-0.3, -0.25) is 0 Å². The Morgan fingerprint density at radius 1 is 1.33 bits per heavy atom. The number of rotatable bonds is 3. The fourth-order valence-corrected chi connectivity index (χ4v) is 2.82. The first-order chi connectivity index (χ1) is 10.0. The van der Waals surface area contributed by atoms with Crippen molar-refractivity contribution in [3.8, 4) is 0 Å². The van der Waals surface area contributed by atoms with Gasteiger partial charge in [0.25, 0.3) is 0 Å². The summed E-state index contributed by atoms with van der Waals surface area (Å²) >= 11 is 11.9. The van der Waals surface area contributed by atoms with Crippen LogP contribution in [0.15, 0.2) is 18.2 Å². The van der Waals surface area contributed by atoms with Gasteiger partial charge in [-0.25, -0.2) is 4.79 Å². The lowest BCUT2D eigenvalue weighted by Crippen LogP contribution is -2.58. The predicted octanol–water partition coefficient (Wildman–Crippen LogP) is 3.99. The molecule has 0 radical (unpaired) electrons. The van der Waals surface area contributed by atoms with Crippen molar-refractivity contribution in [1.82, 2.24) is 10.2 Å². The average Bonchev–Trinajstić information content (AvgIpc) is 2.50. The maximum atomic E-state index is 12.5. The molecule has 1 saturated heterocycles. The number of anilines is 1. The van der Waals surface area contributed by atoms with Gasteiger partial charge in [0.1, 0.15) is 0 Å². The average molecular weight is 330 g/mol. The number of hydrogen-bond donors (Lipinski definition) is 2. The minimum absolute atomic E-state index is 0.0832. The lowest BCUT2D eigenvalue weighted by atomic mass is 10.1. The number of amides is 2. The van der Waals surface area contributed by atoms with Crippen molar-refractivity contribution in [3.05, 3.63) is 28.2 Å². The fourth-order valence-electron chi connectivity index (χ4n) is 2.52. The number of benzene rings is 1. The third-order valence-electron chi connectivity index (χ3n) is 3.90. The minimum atomic E-state index is -0.0832. The van der Waals surface area contributed by atoms with E-state index in [1.54, 1.807) is 18.2 Å². The van der Waals surface area contributed by atoms with Crippen molar-refractivity contribution >= 4 is 34.9 Å². The van der Waals surface area contributed by atoms with Crippen LogP contribution in [-0.2, 0) is 0 Å². The van der Waals surface area contributed by atoms with E-state index in [-0.39, 0.29) is 12.1 Å². The first-order valence-corrected chi connectivity index (χ1v) is 8.06. The highest BCUT2D eigenvalue weighted by Crippen LogP contribution is 2.25. The van der Waals surface area contributed by atoms with Crippen molar-refractivity contribution in [2.24, 2.45) is 0 Å². The van der Waals surface area contributed by atoms with Gasteiger partial charge in [0.05, 0.1) is 10.0 Å². The van der Waals surface area contributed by atoms with E-state index in [1.807, 2.05) is 4.90 Å². The summed E-state index contributed by atoms with van der Waals surface area (Å²) in [4.78, 5) is 14.4. The van der Waals surface area contributed by atoms with Gasteiger partial charge in [-0.1, -0.05) is 37.0 Å². The van der Waals surface area contributed by atoms with Gasteiger partial charge in [-0.15, -0.1) is 0 Å². The van der Waals surface area contributed by atoms with E-state index >= 15 is 0 Å². The van der Waals surface area contributed by atoms with Crippen LogP contribution >= 0.6 is 23.2 Å². The van der Waals surface area contributed by atoms with Gasteiger partial charge in [0, 0.05) is 30.9 Å². The molecule has 0 aromatic heterocycles. The third kappa shape index (κ3) is 4.02. The summed E-state index contributed by atoms with van der Waals surface area (Å²) in [5.41, 5.74) is 0.663. The molecular weight excluding hydrogens is 309 g/mol. The van der Waals surface area contributed by atoms with E-state index in [4.69, 9.17) is 23.2 Å². The van der Waals surface area contributed by atoms with Crippen molar-refractivity contribution < 1.29 is 4.79 Å². The first-order valence-electron chi connectivity index (χ1n) is 7.31. The van der Waals surface area contributed by atoms with Crippen LogP contribution in [0.25, 0.3) is 0 Å². The van der Waals surface area contributed by atoms with E-state index < -0.39 is 0 Å². The molecule has 2 N–H and O–H groups in total. The summed E-state index contributed by atoms with van der Waals surface area (Å²) in [6.45, 7) is 5.78. The zero-order valence-corrected chi connectivity index (χ0v) is 13.8. The molecule has 2 atom stereocenters. The lowest BCUT2D eigenvalue weighted by Gasteiger charge is -2.39. The van der Waals surface area contributed by atoms with Crippen LogP contribution < -0.4 is 10.6 Å². The fraction of sp³-hybridized carbons (Fsp3) is 0.533. The molecule has 0 spiro atoms. The van der Waals surface area contributed by atoms with E-state index in [0.717, 1.165) is 25.9 Å². The lowest BCUT2D eigenvalue weighted by molar-refractivity contribution is 0.147. The zero-order valence-electron chi connectivity index (χ0n) is 12.3.